The van der Waals surface area contributed by atoms with E-state index in [1.807, 2.05) is 0 Å². The molecule has 1 unspecified atom stereocenters. The van der Waals surface area contributed by atoms with Crippen molar-refractivity contribution in [2.24, 2.45) is 0 Å². The Hall–Kier alpha value is -2.37. The highest BCUT2D eigenvalue weighted by molar-refractivity contribution is 5.59. The van der Waals surface area contributed by atoms with E-state index in [-0.39, 0.29) is 23.4 Å². The zero-order valence-corrected chi connectivity index (χ0v) is 9.77. The molecule has 0 saturated heterocycles. The summed E-state index contributed by atoms with van der Waals surface area (Å²) in [6.45, 7) is 1.76. The fourth-order valence-corrected chi connectivity index (χ4v) is 1.63. The Balaban J connectivity index is 2.27. The molecule has 0 bridgehead atoms. The molecule has 0 radical (unpaired) electrons. The van der Waals surface area contributed by atoms with E-state index in [1.165, 1.54) is 12.4 Å². The highest BCUT2D eigenvalue weighted by Gasteiger charge is 2.12. The van der Waals surface area contributed by atoms with Crippen molar-refractivity contribution in [2.75, 3.05) is 11.1 Å². The number of H-pyrrole nitrogens is 1. The third-order valence-corrected chi connectivity index (χ3v) is 2.61. The summed E-state index contributed by atoms with van der Waals surface area (Å²) in [5.41, 5.74) is 5.63. The van der Waals surface area contributed by atoms with E-state index in [1.54, 1.807) is 25.1 Å². The summed E-state index contributed by atoms with van der Waals surface area (Å²) in [6.07, 6.45) is 1.25. The lowest BCUT2D eigenvalue weighted by Crippen LogP contribution is -2.18. The van der Waals surface area contributed by atoms with Gasteiger partial charge in [-0.25, -0.2) is 9.37 Å². The molecule has 0 aliphatic carbocycles. The number of anilines is 2. The molecule has 2 rings (SSSR count). The quantitative estimate of drug-likeness (QED) is 0.771. The first kappa shape index (κ1) is 12.1. The molecule has 94 valence electrons. The Kier molecular flexibility index (Phi) is 3.27. The van der Waals surface area contributed by atoms with Crippen LogP contribution >= 0.6 is 0 Å². The number of aromatic amines is 1. The van der Waals surface area contributed by atoms with Crippen LogP contribution in [0.3, 0.4) is 0 Å². The van der Waals surface area contributed by atoms with Crippen molar-refractivity contribution in [3.8, 4) is 0 Å². The smallest absolute Gasteiger partial charge is 0.276 e. The maximum Gasteiger partial charge on any atom is 0.276 e. The van der Waals surface area contributed by atoms with Gasteiger partial charge >= 0.3 is 0 Å². The number of hydrogen-bond acceptors (Lipinski definition) is 4. The first-order valence-electron chi connectivity index (χ1n) is 5.43. The van der Waals surface area contributed by atoms with Crippen molar-refractivity contribution in [1.82, 2.24) is 9.97 Å². The molecule has 0 spiro atoms. The fraction of sp³-hybridized carbons (Fsp3) is 0.167. The molecule has 6 heteroatoms. The van der Waals surface area contributed by atoms with E-state index in [9.17, 15) is 9.18 Å². The minimum Gasteiger partial charge on any atom is -0.391 e. The average Bonchev–Trinajstić information content (AvgIpc) is 2.35. The Bertz CT molecular complexity index is 611. The highest BCUT2D eigenvalue weighted by Crippen LogP contribution is 2.21. The van der Waals surface area contributed by atoms with Crippen molar-refractivity contribution in [3.63, 3.8) is 0 Å². The van der Waals surface area contributed by atoms with Crippen LogP contribution in [0.4, 0.5) is 15.9 Å². The Morgan fingerprint density at radius 2 is 2.17 bits per heavy atom. The maximum absolute atomic E-state index is 13.6. The number of hydrogen-bond donors (Lipinski definition) is 3. The molecular weight excluding hydrogens is 235 g/mol. The molecule has 1 atom stereocenters. The number of nitrogen functional groups attached to an aromatic ring is 1. The predicted octanol–water partition coefficient (Wildman–Crippen LogP) is 1.66. The maximum atomic E-state index is 13.6. The van der Waals surface area contributed by atoms with Crippen LogP contribution in [0.5, 0.6) is 0 Å². The molecule has 0 fully saturated rings. The van der Waals surface area contributed by atoms with Gasteiger partial charge in [-0.15, -0.1) is 0 Å². The minimum atomic E-state index is -0.423. The summed E-state index contributed by atoms with van der Waals surface area (Å²) in [5, 5.41) is 2.91. The van der Waals surface area contributed by atoms with Crippen molar-refractivity contribution >= 4 is 11.5 Å². The zero-order valence-electron chi connectivity index (χ0n) is 9.77. The van der Waals surface area contributed by atoms with Gasteiger partial charge in [-0.2, -0.15) is 0 Å². The first-order valence-corrected chi connectivity index (χ1v) is 5.43. The van der Waals surface area contributed by atoms with Crippen LogP contribution < -0.4 is 16.6 Å². The second-order valence-corrected chi connectivity index (χ2v) is 3.88. The van der Waals surface area contributed by atoms with Crippen LogP contribution in [0.1, 0.15) is 18.5 Å². The van der Waals surface area contributed by atoms with E-state index in [0.717, 1.165) is 0 Å². The van der Waals surface area contributed by atoms with Gasteiger partial charge in [0.2, 0.25) is 0 Å². The Morgan fingerprint density at radius 1 is 1.44 bits per heavy atom. The molecule has 1 heterocycles. The summed E-state index contributed by atoms with van der Waals surface area (Å²) < 4.78 is 13.6. The van der Waals surface area contributed by atoms with Gasteiger partial charge in [0.05, 0.1) is 12.4 Å². The summed E-state index contributed by atoms with van der Waals surface area (Å²) in [6, 6.07) is 6.05. The lowest BCUT2D eigenvalue weighted by molar-refractivity contribution is 0.600. The van der Waals surface area contributed by atoms with Gasteiger partial charge in [0.1, 0.15) is 11.5 Å². The molecule has 1 aromatic carbocycles. The zero-order chi connectivity index (χ0) is 13.1. The number of nitrogens with one attached hydrogen (secondary N) is 2. The van der Waals surface area contributed by atoms with Crippen LogP contribution in [0.25, 0.3) is 0 Å². The second kappa shape index (κ2) is 4.87. The number of nitrogens with zero attached hydrogens (tertiary/aromatic N) is 1. The molecule has 5 nitrogen and oxygen atoms in total. The van der Waals surface area contributed by atoms with E-state index in [0.29, 0.717) is 5.56 Å². The lowest BCUT2D eigenvalue weighted by Gasteiger charge is -2.16. The number of halogens is 1. The highest BCUT2D eigenvalue weighted by atomic mass is 19.1. The Labute approximate surface area is 103 Å². The second-order valence-electron chi connectivity index (χ2n) is 3.88. The summed E-state index contributed by atoms with van der Waals surface area (Å²) in [4.78, 5) is 17.6. The standard InChI is InChI=1S/C12H13FN4O/c1-7(8-4-2-3-5-9(8)13)17-11-10(14)12(18)16-6-15-11/h2-7H,14H2,1H3,(H2,15,16,17,18). The number of nitrogens with two attached hydrogens (primary N) is 1. The molecule has 1 aromatic heterocycles. The molecule has 4 N–H and O–H groups in total. The van der Waals surface area contributed by atoms with Gasteiger partial charge < -0.3 is 16.0 Å². The molecule has 0 saturated carbocycles. The van der Waals surface area contributed by atoms with Crippen molar-refractivity contribution in [2.45, 2.75) is 13.0 Å². The van der Waals surface area contributed by atoms with E-state index >= 15 is 0 Å². The molecule has 18 heavy (non-hydrogen) atoms. The van der Waals surface area contributed by atoms with Gasteiger partial charge in [0, 0.05) is 5.56 Å². The van der Waals surface area contributed by atoms with Crippen LogP contribution in [0.15, 0.2) is 35.4 Å². The van der Waals surface area contributed by atoms with Crippen LogP contribution in [-0.4, -0.2) is 9.97 Å². The van der Waals surface area contributed by atoms with Gasteiger partial charge in [-0.1, -0.05) is 18.2 Å². The summed E-state index contributed by atoms with van der Waals surface area (Å²) in [5.74, 6) is -0.0737. The predicted molar refractivity (Wildman–Crippen MR) is 67.7 cm³/mol. The monoisotopic (exact) mass is 248 g/mol. The average molecular weight is 248 g/mol. The third kappa shape index (κ3) is 2.32. The molecule has 0 aliphatic rings. The number of aromatic nitrogens is 2. The van der Waals surface area contributed by atoms with Crippen LogP contribution in [0.2, 0.25) is 0 Å². The van der Waals surface area contributed by atoms with Crippen molar-refractivity contribution in [3.05, 3.63) is 52.3 Å². The number of benzene rings is 1. The van der Waals surface area contributed by atoms with Crippen molar-refractivity contribution < 1.29 is 4.39 Å². The lowest BCUT2D eigenvalue weighted by atomic mass is 10.1. The molecular formula is C12H13FN4O. The van der Waals surface area contributed by atoms with Crippen molar-refractivity contribution in [1.29, 1.82) is 0 Å². The summed E-state index contributed by atoms with van der Waals surface area (Å²) in [7, 11) is 0. The van der Waals surface area contributed by atoms with Gasteiger partial charge in [0.15, 0.2) is 5.82 Å². The van der Waals surface area contributed by atoms with Crippen LogP contribution in [0, 0.1) is 5.82 Å². The normalized spacial score (nSPS) is 12.1. The molecule has 0 aliphatic heterocycles. The van der Waals surface area contributed by atoms with E-state index < -0.39 is 5.56 Å². The summed E-state index contributed by atoms with van der Waals surface area (Å²) >= 11 is 0. The first-order chi connectivity index (χ1) is 8.59. The van der Waals surface area contributed by atoms with Crippen LogP contribution in [-0.2, 0) is 0 Å². The van der Waals surface area contributed by atoms with Gasteiger partial charge in [0.25, 0.3) is 5.56 Å². The number of rotatable bonds is 3. The topological polar surface area (TPSA) is 83.8 Å². The Morgan fingerprint density at radius 3 is 2.89 bits per heavy atom. The van der Waals surface area contributed by atoms with E-state index in [2.05, 4.69) is 15.3 Å². The SMILES string of the molecule is CC(Nc1nc[nH]c(=O)c1N)c1ccccc1F. The third-order valence-electron chi connectivity index (χ3n) is 2.61. The van der Waals surface area contributed by atoms with E-state index in [4.69, 9.17) is 5.73 Å². The van der Waals surface area contributed by atoms with Gasteiger partial charge in [-0.05, 0) is 13.0 Å². The molecule has 0 amide bonds. The minimum absolute atomic E-state index is 0.0133. The fourth-order valence-electron chi connectivity index (χ4n) is 1.63. The largest absolute Gasteiger partial charge is 0.391 e. The molecule has 2 aromatic rings. The van der Waals surface area contributed by atoms with Gasteiger partial charge in [-0.3, -0.25) is 4.79 Å².